The molecule has 0 bridgehead atoms. The van der Waals surface area contributed by atoms with Crippen LogP contribution in [0.15, 0.2) is 72.8 Å². The van der Waals surface area contributed by atoms with E-state index in [0.717, 1.165) is 6.07 Å². The van der Waals surface area contributed by atoms with Crippen LogP contribution in [0.5, 0.6) is 34.5 Å². The van der Waals surface area contributed by atoms with Crippen LogP contribution < -0.4 is 14.2 Å². The molecule has 3 aromatic rings. The molecule has 0 heterocycles. The standard InChI is InChI=1S/C19H13F3O4/c20-19(21,22)26-16-5-3-4-15(12-16)24-13-8-10-14(11-9-13)25-18-7-2-1-6-17(18)23/h1-12,23H. The van der Waals surface area contributed by atoms with Gasteiger partial charge in [-0.05, 0) is 48.5 Å². The average Bonchev–Trinajstić information content (AvgIpc) is 2.57. The predicted molar refractivity (Wildman–Crippen MR) is 87.8 cm³/mol. The van der Waals surface area contributed by atoms with Crippen molar-refractivity contribution >= 4 is 0 Å². The van der Waals surface area contributed by atoms with Crippen LogP contribution in [-0.4, -0.2) is 11.5 Å². The molecule has 0 unspecified atom stereocenters. The Morgan fingerprint density at radius 1 is 0.654 bits per heavy atom. The zero-order chi connectivity index (χ0) is 18.6. The van der Waals surface area contributed by atoms with Crippen molar-refractivity contribution in [1.29, 1.82) is 0 Å². The largest absolute Gasteiger partial charge is 0.573 e. The van der Waals surface area contributed by atoms with Crippen LogP contribution in [-0.2, 0) is 0 Å². The molecule has 26 heavy (non-hydrogen) atoms. The van der Waals surface area contributed by atoms with Gasteiger partial charge in [-0.25, -0.2) is 0 Å². The first kappa shape index (κ1) is 17.5. The van der Waals surface area contributed by atoms with Gasteiger partial charge in [-0.3, -0.25) is 0 Å². The zero-order valence-corrected chi connectivity index (χ0v) is 13.2. The summed E-state index contributed by atoms with van der Waals surface area (Å²) in [4.78, 5) is 0. The minimum Gasteiger partial charge on any atom is -0.504 e. The Bertz CT molecular complexity index is 876. The molecule has 1 N–H and O–H groups in total. The molecule has 0 aliphatic carbocycles. The summed E-state index contributed by atoms with van der Waals surface area (Å²) in [5, 5.41) is 9.69. The minimum atomic E-state index is -4.76. The molecule has 3 aromatic carbocycles. The molecule has 134 valence electrons. The van der Waals surface area contributed by atoms with Crippen molar-refractivity contribution < 1.29 is 32.5 Å². The molecule has 0 amide bonds. The number of alkyl halides is 3. The Morgan fingerprint density at radius 2 is 1.27 bits per heavy atom. The van der Waals surface area contributed by atoms with Crippen molar-refractivity contribution in [2.24, 2.45) is 0 Å². The number of ether oxygens (including phenoxy) is 3. The smallest absolute Gasteiger partial charge is 0.504 e. The molecule has 0 atom stereocenters. The van der Waals surface area contributed by atoms with Crippen LogP contribution in [0, 0.1) is 0 Å². The van der Waals surface area contributed by atoms with Crippen molar-refractivity contribution in [3.05, 3.63) is 72.8 Å². The molecule has 0 radical (unpaired) electrons. The monoisotopic (exact) mass is 362 g/mol. The van der Waals surface area contributed by atoms with Gasteiger partial charge in [-0.15, -0.1) is 13.2 Å². The molecule has 7 heteroatoms. The Balaban J connectivity index is 1.68. The number of benzene rings is 3. The van der Waals surface area contributed by atoms with Gasteiger partial charge in [0.15, 0.2) is 11.5 Å². The van der Waals surface area contributed by atoms with Gasteiger partial charge >= 0.3 is 6.36 Å². The minimum absolute atomic E-state index is 0.00862. The lowest BCUT2D eigenvalue weighted by Gasteiger charge is -2.11. The maximum atomic E-state index is 12.3. The van der Waals surface area contributed by atoms with Crippen LogP contribution in [0.25, 0.3) is 0 Å². The summed E-state index contributed by atoms with van der Waals surface area (Å²) >= 11 is 0. The number of phenols is 1. The SMILES string of the molecule is Oc1ccccc1Oc1ccc(Oc2cccc(OC(F)(F)F)c2)cc1. The lowest BCUT2D eigenvalue weighted by atomic mass is 10.3. The third-order valence-electron chi connectivity index (χ3n) is 3.19. The van der Waals surface area contributed by atoms with E-state index in [1.54, 1.807) is 42.5 Å². The summed E-state index contributed by atoms with van der Waals surface area (Å²) in [5.41, 5.74) is 0. The maximum absolute atomic E-state index is 12.3. The second kappa shape index (κ2) is 7.26. The molecular formula is C19H13F3O4. The highest BCUT2D eigenvalue weighted by Crippen LogP contribution is 2.32. The van der Waals surface area contributed by atoms with E-state index in [9.17, 15) is 18.3 Å². The fourth-order valence-corrected chi connectivity index (χ4v) is 2.12. The van der Waals surface area contributed by atoms with Gasteiger partial charge in [-0.1, -0.05) is 18.2 Å². The van der Waals surface area contributed by atoms with E-state index >= 15 is 0 Å². The average molecular weight is 362 g/mol. The first-order valence-corrected chi connectivity index (χ1v) is 7.49. The van der Waals surface area contributed by atoms with Crippen molar-refractivity contribution in [3.63, 3.8) is 0 Å². The Hall–Kier alpha value is -3.35. The number of para-hydroxylation sites is 2. The first-order chi connectivity index (χ1) is 12.4. The van der Waals surface area contributed by atoms with E-state index in [4.69, 9.17) is 9.47 Å². The van der Waals surface area contributed by atoms with Crippen LogP contribution in [0.2, 0.25) is 0 Å². The molecule has 3 rings (SSSR count). The van der Waals surface area contributed by atoms with Gasteiger partial charge in [0.2, 0.25) is 0 Å². The number of hydrogen-bond acceptors (Lipinski definition) is 4. The number of aromatic hydroxyl groups is 1. The quantitative estimate of drug-likeness (QED) is 0.616. The molecule has 0 spiro atoms. The summed E-state index contributed by atoms with van der Waals surface area (Å²) in [5.74, 6) is 1.01. The van der Waals surface area contributed by atoms with Crippen molar-refractivity contribution in [3.8, 4) is 34.5 Å². The Labute approximate surface area is 147 Å². The Morgan fingerprint density at radius 3 is 1.92 bits per heavy atom. The van der Waals surface area contributed by atoms with Gasteiger partial charge < -0.3 is 19.3 Å². The summed E-state index contributed by atoms with van der Waals surface area (Å²) in [6.45, 7) is 0. The summed E-state index contributed by atoms with van der Waals surface area (Å²) in [6.07, 6.45) is -4.76. The van der Waals surface area contributed by atoms with Gasteiger partial charge in [0.05, 0.1) is 0 Å². The molecule has 0 fully saturated rings. The van der Waals surface area contributed by atoms with E-state index in [0.29, 0.717) is 17.2 Å². The molecule has 0 aliphatic rings. The van der Waals surface area contributed by atoms with Gasteiger partial charge in [0, 0.05) is 6.07 Å². The summed E-state index contributed by atoms with van der Waals surface area (Å²) in [6, 6.07) is 18.1. The van der Waals surface area contributed by atoms with Gasteiger partial charge in [-0.2, -0.15) is 0 Å². The normalized spacial score (nSPS) is 11.0. The van der Waals surface area contributed by atoms with Crippen molar-refractivity contribution in [2.75, 3.05) is 0 Å². The number of halogens is 3. The summed E-state index contributed by atoms with van der Waals surface area (Å²) < 4.78 is 51.7. The van der Waals surface area contributed by atoms with Crippen LogP contribution >= 0.6 is 0 Å². The summed E-state index contributed by atoms with van der Waals surface area (Å²) in [7, 11) is 0. The first-order valence-electron chi connectivity index (χ1n) is 7.49. The van der Waals surface area contributed by atoms with Gasteiger partial charge in [0.25, 0.3) is 0 Å². The second-order valence-electron chi connectivity index (χ2n) is 5.17. The van der Waals surface area contributed by atoms with E-state index in [1.807, 2.05) is 0 Å². The van der Waals surface area contributed by atoms with Crippen LogP contribution in [0.1, 0.15) is 0 Å². The molecular weight excluding hydrogens is 349 g/mol. The molecule has 0 aliphatic heterocycles. The van der Waals surface area contributed by atoms with Crippen molar-refractivity contribution in [1.82, 2.24) is 0 Å². The van der Waals surface area contributed by atoms with E-state index in [1.165, 1.54) is 24.3 Å². The fraction of sp³-hybridized carbons (Fsp3) is 0.0526. The highest BCUT2D eigenvalue weighted by Gasteiger charge is 2.31. The van der Waals surface area contributed by atoms with Gasteiger partial charge in [0.1, 0.15) is 23.0 Å². The molecule has 0 aromatic heterocycles. The van der Waals surface area contributed by atoms with E-state index in [-0.39, 0.29) is 17.2 Å². The third-order valence-corrected chi connectivity index (χ3v) is 3.19. The maximum Gasteiger partial charge on any atom is 0.573 e. The molecule has 0 saturated carbocycles. The third kappa shape index (κ3) is 4.83. The van der Waals surface area contributed by atoms with E-state index < -0.39 is 6.36 Å². The van der Waals surface area contributed by atoms with Crippen LogP contribution in [0.3, 0.4) is 0 Å². The highest BCUT2D eigenvalue weighted by atomic mass is 19.4. The topological polar surface area (TPSA) is 47.9 Å². The predicted octanol–water partition coefficient (Wildman–Crippen LogP) is 5.88. The number of phenolic OH excluding ortho intramolecular Hbond substituents is 1. The number of rotatable bonds is 5. The van der Waals surface area contributed by atoms with E-state index in [2.05, 4.69) is 4.74 Å². The number of hydrogen-bond donors (Lipinski definition) is 1. The Kier molecular flexibility index (Phi) is 4.88. The second-order valence-corrected chi connectivity index (χ2v) is 5.17. The fourth-order valence-electron chi connectivity index (χ4n) is 2.12. The molecule has 0 saturated heterocycles. The zero-order valence-electron chi connectivity index (χ0n) is 13.2. The highest BCUT2D eigenvalue weighted by molar-refractivity contribution is 5.43. The lowest BCUT2D eigenvalue weighted by molar-refractivity contribution is -0.274. The van der Waals surface area contributed by atoms with Crippen LogP contribution in [0.4, 0.5) is 13.2 Å². The molecule has 4 nitrogen and oxygen atoms in total. The van der Waals surface area contributed by atoms with Crippen molar-refractivity contribution in [2.45, 2.75) is 6.36 Å². The lowest BCUT2D eigenvalue weighted by Crippen LogP contribution is -2.16.